The van der Waals surface area contributed by atoms with Gasteiger partial charge in [0.1, 0.15) is 5.82 Å². The molecule has 0 spiro atoms. The maximum atomic E-state index is 14.0. The van der Waals surface area contributed by atoms with Crippen LogP contribution in [0, 0.1) is 5.82 Å². The van der Waals surface area contributed by atoms with Crippen molar-refractivity contribution in [1.29, 1.82) is 0 Å². The first-order chi connectivity index (χ1) is 8.58. The van der Waals surface area contributed by atoms with Crippen molar-refractivity contribution >= 4 is 11.8 Å². The second-order valence-corrected chi connectivity index (χ2v) is 6.18. The Morgan fingerprint density at radius 2 is 2.33 bits per heavy atom. The predicted molar refractivity (Wildman–Crippen MR) is 73.4 cm³/mol. The van der Waals surface area contributed by atoms with Crippen molar-refractivity contribution in [2.75, 3.05) is 6.61 Å². The van der Waals surface area contributed by atoms with E-state index >= 15 is 0 Å². The molecule has 1 heterocycles. The van der Waals surface area contributed by atoms with E-state index in [0.717, 1.165) is 23.5 Å². The summed E-state index contributed by atoms with van der Waals surface area (Å²) in [7, 11) is 0. The molecule has 2 N–H and O–H groups in total. The van der Waals surface area contributed by atoms with Gasteiger partial charge in [0.25, 0.3) is 0 Å². The van der Waals surface area contributed by atoms with Crippen LogP contribution in [-0.2, 0) is 11.2 Å². The average molecular weight is 269 g/mol. The standard InChI is InChI=1S/C14H20FNOS/c1-9(16)8-11-4-3-5-12(15)14(11)18-13-6-7-17-10(13)2/h3-5,9-10,13H,6-8,16H2,1-2H3. The molecule has 0 radical (unpaired) electrons. The van der Waals surface area contributed by atoms with Gasteiger partial charge in [-0.1, -0.05) is 12.1 Å². The molecule has 0 aromatic heterocycles. The number of hydrogen-bond donors (Lipinski definition) is 1. The van der Waals surface area contributed by atoms with Gasteiger partial charge in [0.15, 0.2) is 0 Å². The zero-order valence-corrected chi connectivity index (χ0v) is 11.7. The van der Waals surface area contributed by atoms with E-state index in [-0.39, 0.29) is 18.0 Å². The van der Waals surface area contributed by atoms with Crippen LogP contribution in [0.15, 0.2) is 23.1 Å². The van der Waals surface area contributed by atoms with Crippen molar-refractivity contribution in [3.8, 4) is 0 Å². The maximum absolute atomic E-state index is 14.0. The molecule has 4 heteroatoms. The van der Waals surface area contributed by atoms with Crippen LogP contribution >= 0.6 is 11.8 Å². The highest BCUT2D eigenvalue weighted by molar-refractivity contribution is 8.00. The van der Waals surface area contributed by atoms with E-state index in [4.69, 9.17) is 10.5 Å². The van der Waals surface area contributed by atoms with Crippen LogP contribution in [0.4, 0.5) is 4.39 Å². The van der Waals surface area contributed by atoms with Crippen LogP contribution in [0.1, 0.15) is 25.8 Å². The molecular formula is C14H20FNOS. The van der Waals surface area contributed by atoms with Crippen molar-refractivity contribution in [1.82, 2.24) is 0 Å². The molecular weight excluding hydrogens is 249 g/mol. The fourth-order valence-electron chi connectivity index (χ4n) is 2.21. The van der Waals surface area contributed by atoms with Crippen molar-refractivity contribution in [2.45, 2.75) is 49.0 Å². The highest BCUT2D eigenvalue weighted by atomic mass is 32.2. The molecule has 1 saturated heterocycles. The zero-order valence-electron chi connectivity index (χ0n) is 10.9. The zero-order chi connectivity index (χ0) is 13.1. The second kappa shape index (κ2) is 6.04. The first-order valence-electron chi connectivity index (χ1n) is 6.39. The lowest BCUT2D eigenvalue weighted by atomic mass is 10.1. The van der Waals surface area contributed by atoms with Gasteiger partial charge in [0.2, 0.25) is 0 Å². The number of ether oxygens (including phenoxy) is 1. The molecule has 3 atom stereocenters. The number of rotatable bonds is 4. The minimum atomic E-state index is -0.141. The first kappa shape index (κ1) is 13.8. The van der Waals surface area contributed by atoms with Gasteiger partial charge >= 0.3 is 0 Å². The van der Waals surface area contributed by atoms with E-state index in [9.17, 15) is 4.39 Å². The van der Waals surface area contributed by atoms with Crippen LogP contribution < -0.4 is 5.73 Å². The lowest BCUT2D eigenvalue weighted by Crippen LogP contribution is -2.19. The predicted octanol–water partition coefficient (Wildman–Crippen LogP) is 2.98. The largest absolute Gasteiger partial charge is 0.377 e. The monoisotopic (exact) mass is 269 g/mol. The van der Waals surface area contributed by atoms with Gasteiger partial charge < -0.3 is 10.5 Å². The molecule has 18 heavy (non-hydrogen) atoms. The molecule has 1 aromatic rings. The van der Waals surface area contributed by atoms with E-state index in [0.29, 0.717) is 11.7 Å². The summed E-state index contributed by atoms with van der Waals surface area (Å²) >= 11 is 1.60. The Kier molecular flexibility index (Phi) is 4.65. The molecule has 1 aliphatic heterocycles. The van der Waals surface area contributed by atoms with E-state index < -0.39 is 0 Å². The first-order valence-corrected chi connectivity index (χ1v) is 7.27. The fraction of sp³-hybridized carbons (Fsp3) is 0.571. The molecule has 2 nitrogen and oxygen atoms in total. The summed E-state index contributed by atoms with van der Waals surface area (Å²) in [5.74, 6) is -0.141. The van der Waals surface area contributed by atoms with E-state index in [1.165, 1.54) is 6.07 Å². The highest BCUT2D eigenvalue weighted by Gasteiger charge is 2.27. The summed E-state index contributed by atoms with van der Waals surface area (Å²) in [6, 6.07) is 5.29. The number of halogens is 1. The van der Waals surface area contributed by atoms with Gasteiger partial charge in [0.05, 0.1) is 6.10 Å². The lowest BCUT2D eigenvalue weighted by Gasteiger charge is -2.17. The quantitative estimate of drug-likeness (QED) is 0.912. The third-order valence-electron chi connectivity index (χ3n) is 3.17. The van der Waals surface area contributed by atoms with Crippen molar-refractivity contribution in [3.05, 3.63) is 29.6 Å². The summed E-state index contributed by atoms with van der Waals surface area (Å²) < 4.78 is 19.5. The summed E-state index contributed by atoms with van der Waals surface area (Å²) in [6.07, 6.45) is 1.89. The van der Waals surface area contributed by atoms with Crippen LogP contribution in [0.2, 0.25) is 0 Å². The van der Waals surface area contributed by atoms with Gasteiger partial charge in [-0.25, -0.2) is 4.39 Å². The average Bonchev–Trinajstić information content (AvgIpc) is 2.68. The fourth-order valence-corrected chi connectivity index (χ4v) is 3.48. The van der Waals surface area contributed by atoms with Crippen LogP contribution in [0.5, 0.6) is 0 Å². The Hall–Kier alpha value is -0.580. The number of benzene rings is 1. The van der Waals surface area contributed by atoms with Crippen molar-refractivity contribution in [3.63, 3.8) is 0 Å². The third kappa shape index (κ3) is 3.25. The molecule has 1 aliphatic rings. The minimum Gasteiger partial charge on any atom is -0.377 e. The summed E-state index contributed by atoms with van der Waals surface area (Å²) in [6.45, 7) is 4.77. The molecule has 0 bridgehead atoms. The maximum Gasteiger partial charge on any atom is 0.137 e. The summed E-state index contributed by atoms with van der Waals surface area (Å²) in [5, 5.41) is 0.341. The third-order valence-corrected chi connectivity index (χ3v) is 4.78. The lowest BCUT2D eigenvalue weighted by molar-refractivity contribution is 0.127. The van der Waals surface area contributed by atoms with E-state index in [2.05, 4.69) is 6.92 Å². The number of hydrogen-bond acceptors (Lipinski definition) is 3. The molecule has 0 amide bonds. The van der Waals surface area contributed by atoms with E-state index in [1.54, 1.807) is 17.8 Å². The molecule has 1 aromatic carbocycles. The minimum absolute atomic E-state index is 0.0448. The van der Waals surface area contributed by atoms with Crippen molar-refractivity contribution in [2.24, 2.45) is 5.73 Å². The molecule has 0 saturated carbocycles. The van der Waals surface area contributed by atoms with Crippen molar-refractivity contribution < 1.29 is 9.13 Å². The molecule has 100 valence electrons. The molecule has 3 unspecified atom stereocenters. The van der Waals surface area contributed by atoms with Gasteiger partial charge in [0, 0.05) is 22.8 Å². The summed E-state index contributed by atoms with van der Waals surface area (Å²) in [5.41, 5.74) is 6.83. The van der Waals surface area contributed by atoms with E-state index in [1.807, 2.05) is 13.0 Å². The highest BCUT2D eigenvalue weighted by Crippen LogP contribution is 2.36. The Labute approximate surface area is 112 Å². The normalized spacial score (nSPS) is 25.3. The van der Waals surface area contributed by atoms with Gasteiger partial charge in [-0.05, 0) is 38.3 Å². The Morgan fingerprint density at radius 1 is 1.56 bits per heavy atom. The van der Waals surface area contributed by atoms with Crippen LogP contribution in [0.25, 0.3) is 0 Å². The van der Waals surface area contributed by atoms with Gasteiger partial charge in [-0.3, -0.25) is 0 Å². The topological polar surface area (TPSA) is 35.2 Å². The van der Waals surface area contributed by atoms with Crippen LogP contribution in [0.3, 0.4) is 0 Å². The number of nitrogens with two attached hydrogens (primary N) is 1. The van der Waals surface area contributed by atoms with Gasteiger partial charge in [-0.15, -0.1) is 11.8 Å². The number of thioether (sulfide) groups is 1. The second-order valence-electron chi connectivity index (χ2n) is 4.93. The molecule has 0 aliphatic carbocycles. The Balaban J connectivity index is 2.19. The van der Waals surface area contributed by atoms with Crippen LogP contribution in [-0.4, -0.2) is 24.0 Å². The van der Waals surface area contributed by atoms with Gasteiger partial charge in [-0.2, -0.15) is 0 Å². The smallest absolute Gasteiger partial charge is 0.137 e. The Morgan fingerprint density at radius 3 is 2.94 bits per heavy atom. The molecule has 2 rings (SSSR count). The Bertz CT molecular complexity index is 411. The molecule has 1 fully saturated rings. The summed E-state index contributed by atoms with van der Waals surface area (Å²) in [4.78, 5) is 0.747. The SMILES string of the molecule is CC(N)Cc1cccc(F)c1SC1CCOC1C.